The number of phenols is 1. The summed E-state index contributed by atoms with van der Waals surface area (Å²) in [7, 11) is 1.84. The van der Waals surface area contributed by atoms with Crippen LogP contribution >= 0.6 is 0 Å². The van der Waals surface area contributed by atoms with E-state index in [1.54, 1.807) is 29.2 Å². The highest BCUT2D eigenvalue weighted by Crippen LogP contribution is 2.44. The predicted octanol–water partition coefficient (Wildman–Crippen LogP) is 2.16. The van der Waals surface area contributed by atoms with Crippen LogP contribution in [0.15, 0.2) is 36.8 Å². The molecule has 33 heavy (non-hydrogen) atoms. The Morgan fingerprint density at radius 2 is 2.00 bits per heavy atom. The van der Waals surface area contributed by atoms with Crippen LogP contribution in [0.3, 0.4) is 0 Å². The van der Waals surface area contributed by atoms with Crippen molar-refractivity contribution in [3.8, 4) is 28.1 Å². The zero-order chi connectivity index (χ0) is 22.7. The summed E-state index contributed by atoms with van der Waals surface area (Å²) >= 11 is 0. The van der Waals surface area contributed by atoms with Crippen LogP contribution in [-0.2, 0) is 7.05 Å². The van der Waals surface area contributed by atoms with Gasteiger partial charge >= 0.3 is 0 Å². The van der Waals surface area contributed by atoms with E-state index in [2.05, 4.69) is 30.5 Å². The van der Waals surface area contributed by atoms with Crippen molar-refractivity contribution in [3.05, 3.63) is 36.8 Å². The molecule has 172 valence electrons. The molecule has 1 aliphatic heterocycles. The van der Waals surface area contributed by atoms with Crippen LogP contribution < -0.4 is 10.2 Å². The van der Waals surface area contributed by atoms with Gasteiger partial charge in [0.05, 0.1) is 12.4 Å². The number of benzene rings is 1. The van der Waals surface area contributed by atoms with Gasteiger partial charge in [-0.2, -0.15) is 5.10 Å². The molecule has 3 aliphatic rings. The Hall–Kier alpha value is -3.11. The summed E-state index contributed by atoms with van der Waals surface area (Å²) in [4.78, 5) is 6.64. The lowest BCUT2D eigenvalue weighted by atomic mass is 9.82. The van der Waals surface area contributed by atoms with Gasteiger partial charge < -0.3 is 15.1 Å². The number of aromatic nitrogens is 5. The standard InChI is InChI=1S/C23H26FN7O2/c1-30-12-14(10-26-30)13-2-5-18(20(32)6-13)19-11-25-22(29-28-19)31(16-3-4-16)17-7-15-8-23(24,9-17)21(33)27-15/h2,5-6,10-12,15-17,21,27,32-33H,3-4,7-9H2,1H3/t15-,17+,21?,23?/m1/s1. The van der Waals surface area contributed by atoms with Gasteiger partial charge in [-0.1, -0.05) is 6.07 Å². The van der Waals surface area contributed by atoms with E-state index < -0.39 is 11.9 Å². The molecule has 2 aliphatic carbocycles. The van der Waals surface area contributed by atoms with Crippen LogP contribution in [0.5, 0.6) is 5.75 Å². The van der Waals surface area contributed by atoms with Gasteiger partial charge in [0.2, 0.25) is 5.95 Å². The maximum absolute atomic E-state index is 15.2. The summed E-state index contributed by atoms with van der Waals surface area (Å²) in [5.74, 6) is 0.555. The number of anilines is 1. The first kappa shape index (κ1) is 20.5. The van der Waals surface area contributed by atoms with Gasteiger partial charge in [-0.3, -0.25) is 10.00 Å². The molecule has 10 heteroatoms. The van der Waals surface area contributed by atoms with Gasteiger partial charge in [0, 0.05) is 55.3 Å². The summed E-state index contributed by atoms with van der Waals surface area (Å²) in [6.07, 6.45) is 7.46. The molecule has 1 aromatic carbocycles. The van der Waals surface area contributed by atoms with Crippen LogP contribution in [0.4, 0.5) is 10.3 Å². The maximum atomic E-state index is 15.2. The lowest BCUT2D eigenvalue weighted by Crippen LogP contribution is -2.48. The number of nitrogens with zero attached hydrogens (tertiary/aromatic N) is 6. The number of nitrogens with one attached hydrogen (secondary N) is 1. The van der Waals surface area contributed by atoms with E-state index in [4.69, 9.17) is 0 Å². The van der Waals surface area contributed by atoms with E-state index >= 15 is 4.39 Å². The number of halogens is 1. The van der Waals surface area contributed by atoms with Gasteiger partial charge in [-0.15, -0.1) is 10.2 Å². The van der Waals surface area contributed by atoms with Gasteiger partial charge in [-0.05, 0) is 37.0 Å². The molecule has 3 N–H and O–H groups in total. The van der Waals surface area contributed by atoms with Crippen molar-refractivity contribution in [1.82, 2.24) is 30.3 Å². The number of fused-ring (bicyclic) bond motifs is 2. The molecular formula is C23H26FN7O2. The fraction of sp³-hybridized carbons (Fsp3) is 0.478. The van der Waals surface area contributed by atoms with Crippen LogP contribution in [0, 0.1) is 0 Å². The highest BCUT2D eigenvalue weighted by molar-refractivity contribution is 5.73. The van der Waals surface area contributed by atoms with E-state index in [9.17, 15) is 10.2 Å². The number of phenolic OH excluding ortho intramolecular Hbond substituents is 1. The average Bonchev–Trinajstić information content (AvgIpc) is 3.48. The molecule has 1 saturated heterocycles. The summed E-state index contributed by atoms with van der Waals surface area (Å²) in [6, 6.07) is 5.50. The van der Waals surface area contributed by atoms with Gasteiger partial charge in [-0.25, -0.2) is 9.37 Å². The Morgan fingerprint density at radius 1 is 1.15 bits per heavy atom. The molecule has 9 nitrogen and oxygen atoms in total. The molecule has 0 radical (unpaired) electrons. The Balaban J connectivity index is 1.25. The van der Waals surface area contributed by atoms with Crippen molar-refractivity contribution in [2.24, 2.45) is 7.05 Å². The van der Waals surface area contributed by atoms with Crippen molar-refractivity contribution >= 4 is 5.95 Å². The number of alkyl halides is 1. The largest absolute Gasteiger partial charge is 0.507 e. The van der Waals surface area contributed by atoms with E-state index in [1.807, 2.05) is 19.3 Å². The maximum Gasteiger partial charge on any atom is 0.245 e. The normalized spacial score (nSPS) is 28.8. The minimum atomic E-state index is -1.62. The monoisotopic (exact) mass is 451 g/mol. The molecule has 0 amide bonds. The molecule has 3 aromatic rings. The first-order valence-electron chi connectivity index (χ1n) is 11.3. The van der Waals surface area contributed by atoms with Crippen molar-refractivity contribution < 1.29 is 14.6 Å². The average molecular weight is 452 g/mol. The van der Waals surface area contributed by atoms with E-state index in [-0.39, 0.29) is 30.3 Å². The summed E-state index contributed by atoms with van der Waals surface area (Å²) in [6.45, 7) is 0. The number of hydrogen-bond donors (Lipinski definition) is 3. The number of aryl methyl sites for hydroxylation is 1. The zero-order valence-corrected chi connectivity index (χ0v) is 18.3. The quantitative estimate of drug-likeness (QED) is 0.541. The minimum Gasteiger partial charge on any atom is -0.507 e. The van der Waals surface area contributed by atoms with Gasteiger partial charge in [0.1, 0.15) is 17.7 Å². The second kappa shape index (κ2) is 7.46. The second-order valence-electron chi connectivity index (χ2n) is 9.52. The van der Waals surface area contributed by atoms with Crippen molar-refractivity contribution in [2.45, 2.75) is 62.1 Å². The number of hydrogen-bond acceptors (Lipinski definition) is 8. The third-order valence-corrected chi connectivity index (χ3v) is 7.03. The Morgan fingerprint density at radius 3 is 2.64 bits per heavy atom. The molecule has 3 fully saturated rings. The molecule has 2 unspecified atom stereocenters. The molecule has 3 heterocycles. The van der Waals surface area contributed by atoms with Crippen LogP contribution in [0.1, 0.15) is 32.1 Å². The third kappa shape index (κ3) is 3.63. The highest BCUT2D eigenvalue weighted by atomic mass is 19.1. The van der Waals surface area contributed by atoms with Crippen molar-refractivity contribution in [1.29, 1.82) is 0 Å². The third-order valence-electron chi connectivity index (χ3n) is 7.03. The van der Waals surface area contributed by atoms with Crippen LogP contribution in [-0.4, -0.2) is 65.2 Å². The Labute approximate surface area is 190 Å². The molecule has 4 atom stereocenters. The number of aliphatic hydroxyl groups excluding tert-OH is 1. The summed E-state index contributed by atoms with van der Waals surface area (Å²) in [5, 5.41) is 36.5. The predicted molar refractivity (Wildman–Crippen MR) is 119 cm³/mol. The van der Waals surface area contributed by atoms with E-state index in [0.717, 1.165) is 30.4 Å². The topological polar surface area (TPSA) is 112 Å². The molecule has 2 aromatic heterocycles. The lowest BCUT2D eigenvalue weighted by Gasteiger charge is -2.39. The minimum absolute atomic E-state index is 0.0486. The van der Waals surface area contributed by atoms with Crippen LogP contribution in [0.2, 0.25) is 0 Å². The second-order valence-corrected chi connectivity index (χ2v) is 9.52. The summed E-state index contributed by atoms with van der Waals surface area (Å²) < 4.78 is 16.9. The highest BCUT2D eigenvalue weighted by Gasteiger charge is 2.55. The number of aromatic hydroxyl groups is 1. The Kier molecular flexibility index (Phi) is 4.63. The molecule has 0 spiro atoms. The first-order valence-corrected chi connectivity index (χ1v) is 11.3. The smallest absolute Gasteiger partial charge is 0.245 e. The molecule has 2 saturated carbocycles. The SMILES string of the molecule is Cn1cc(-c2ccc(-c3cnc(N(C4CC4)[C@H]4C[C@@H]5CC(F)(C4)C(O)N5)nn3)c(O)c2)cn1. The molecule has 6 rings (SSSR count). The van der Waals surface area contributed by atoms with Crippen LogP contribution in [0.25, 0.3) is 22.4 Å². The fourth-order valence-electron chi connectivity index (χ4n) is 5.30. The van der Waals surface area contributed by atoms with Gasteiger partial charge in [0.25, 0.3) is 0 Å². The van der Waals surface area contributed by atoms with Crippen molar-refractivity contribution in [2.75, 3.05) is 4.90 Å². The first-order chi connectivity index (χ1) is 15.9. The Bertz CT molecular complexity index is 1180. The van der Waals surface area contributed by atoms with Crippen molar-refractivity contribution in [3.63, 3.8) is 0 Å². The molecule has 2 bridgehead atoms. The van der Waals surface area contributed by atoms with E-state index in [0.29, 0.717) is 23.6 Å². The number of aliphatic hydroxyl groups is 1. The molecular weight excluding hydrogens is 425 g/mol. The number of rotatable bonds is 5. The summed E-state index contributed by atoms with van der Waals surface area (Å²) in [5.41, 5.74) is 1.15. The zero-order valence-electron chi connectivity index (χ0n) is 18.3. The lowest BCUT2D eigenvalue weighted by molar-refractivity contribution is -0.00604. The fourth-order valence-corrected chi connectivity index (χ4v) is 5.30. The van der Waals surface area contributed by atoms with E-state index in [1.165, 1.54) is 0 Å². The van der Waals surface area contributed by atoms with Gasteiger partial charge in [0.15, 0.2) is 5.67 Å².